The van der Waals surface area contributed by atoms with Crippen molar-refractivity contribution < 1.29 is 14.3 Å². The van der Waals surface area contributed by atoms with E-state index >= 15 is 0 Å². The van der Waals surface area contributed by atoms with Crippen LogP contribution in [0.3, 0.4) is 0 Å². The zero-order valence-electron chi connectivity index (χ0n) is 11.7. The maximum absolute atomic E-state index is 12.1. The van der Waals surface area contributed by atoms with Crippen molar-refractivity contribution in [3.8, 4) is 0 Å². The molecule has 2 unspecified atom stereocenters. The molecule has 0 saturated heterocycles. The van der Waals surface area contributed by atoms with Gasteiger partial charge in [-0.05, 0) is 32.9 Å². The van der Waals surface area contributed by atoms with Crippen molar-refractivity contribution in [3.63, 3.8) is 0 Å². The Labute approximate surface area is 117 Å². The Morgan fingerprint density at radius 2 is 2.11 bits per heavy atom. The molecule has 1 rings (SSSR count). The van der Waals surface area contributed by atoms with Crippen molar-refractivity contribution in [2.45, 2.75) is 32.9 Å². The van der Waals surface area contributed by atoms with Crippen LogP contribution in [0.1, 0.15) is 29.6 Å². The molecule has 106 valence electrons. The second-order valence-corrected chi connectivity index (χ2v) is 5.62. The predicted octanol–water partition coefficient (Wildman–Crippen LogP) is 1.47. The van der Waals surface area contributed by atoms with Crippen LogP contribution in [0, 0.1) is 6.92 Å². The highest BCUT2D eigenvalue weighted by atomic mass is 32.1. The molecule has 6 heteroatoms. The van der Waals surface area contributed by atoms with E-state index in [-0.39, 0.29) is 12.6 Å². The minimum absolute atomic E-state index is 0.119. The molecule has 2 N–H and O–H groups in total. The summed E-state index contributed by atoms with van der Waals surface area (Å²) in [5, 5.41) is 0. The first-order chi connectivity index (χ1) is 8.88. The molecule has 2 atom stereocenters. The highest BCUT2D eigenvalue weighted by Gasteiger charge is 2.29. The Morgan fingerprint density at radius 1 is 1.47 bits per heavy atom. The third-order valence-corrected chi connectivity index (χ3v) is 4.08. The number of nitrogens with two attached hydrogens (primary N) is 1. The number of hydrogen-bond acceptors (Lipinski definition) is 5. The maximum Gasteiger partial charge on any atom is 0.332 e. The molecule has 0 aromatic carbocycles. The fourth-order valence-electron chi connectivity index (χ4n) is 1.61. The normalized spacial score (nSPS) is 13.7. The van der Waals surface area contributed by atoms with E-state index in [4.69, 9.17) is 10.5 Å². The van der Waals surface area contributed by atoms with Crippen LogP contribution in [-0.2, 0) is 14.3 Å². The second kappa shape index (κ2) is 6.68. The molecule has 0 saturated carbocycles. The van der Waals surface area contributed by atoms with Gasteiger partial charge in [0.05, 0.1) is 12.6 Å². The van der Waals surface area contributed by atoms with Gasteiger partial charge in [-0.15, -0.1) is 11.3 Å². The van der Waals surface area contributed by atoms with Gasteiger partial charge >= 0.3 is 5.97 Å². The van der Waals surface area contributed by atoms with E-state index in [1.54, 1.807) is 25.3 Å². The first-order valence-electron chi connectivity index (χ1n) is 6.13. The zero-order valence-corrected chi connectivity index (χ0v) is 12.5. The number of rotatable bonds is 5. The number of amides is 1. The quantitative estimate of drug-likeness (QED) is 0.656. The maximum atomic E-state index is 12.1. The minimum Gasteiger partial charge on any atom is -0.464 e. The SMILES string of the molecule is CCOC(=O)C(N)C(=O)N(C)C(C)c1ccc(C)s1. The first kappa shape index (κ1) is 15.7. The Kier molecular flexibility index (Phi) is 5.50. The van der Waals surface area contributed by atoms with Crippen LogP contribution in [0.15, 0.2) is 12.1 Å². The molecule has 0 fully saturated rings. The summed E-state index contributed by atoms with van der Waals surface area (Å²) in [5.41, 5.74) is 5.61. The Bertz CT molecular complexity index is 458. The molecule has 0 aliphatic heterocycles. The van der Waals surface area contributed by atoms with Crippen molar-refractivity contribution in [1.29, 1.82) is 0 Å². The summed E-state index contributed by atoms with van der Waals surface area (Å²) in [4.78, 5) is 27.3. The second-order valence-electron chi connectivity index (χ2n) is 4.30. The summed E-state index contributed by atoms with van der Waals surface area (Å²) in [6.45, 7) is 5.80. The van der Waals surface area contributed by atoms with Gasteiger partial charge in [0.15, 0.2) is 6.04 Å². The fourth-order valence-corrected chi connectivity index (χ4v) is 2.58. The van der Waals surface area contributed by atoms with Crippen LogP contribution in [0.2, 0.25) is 0 Å². The Hall–Kier alpha value is -1.40. The summed E-state index contributed by atoms with van der Waals surface area (Å²) in [5.74, 6) is -1.12. The van der Waals surface area contributed by atoms with E-state index < -0.39 is 17.9 Å². The summed E-state index contributed by atoms with van der Waals surface area (Å²) in [6, 6.07) is 2.60. The highest BCUT2D eigenvalue weighted by Crippen LogP contribution is 2.26. The molecule has 5 nitrogen and oxygen atoms in total. The number of thiophene rings is 1. The number of ether oxygens (including phenoxy) is 1. The smallest absolute Gasteiger partial charge is 0.332 e. The van der Waals surface area contributed by atoms with Crippen LogP contribution in [0.4, 0.5) is 0 Å². The van der Waals surface area contributed by atoms with Crippen molar-refractivity contribution in [1.82, 2.24) is 4.90 Å². The van der Waals surface area contributed by atoms with Crippen LogP contribution < -0.4 is 5.73 Å². The monoisotopic (exact) mass is 284 g/mol. The minimum atomic E-state index is -1.26. The van der Waals surface area contributed by atoms with Gasteiger partial charge in [-0.1, -0.05) is 0 Å². The van der Waals surface area contributed by atoms with Gasteiger partial charge in [0, 0.05) is 16.8 Å². The Morgan fingerprint density at radius 3 is 2.58 bits per heavy atom. The molecule has 1 aromatic rings. The van der Waals surface area contributed by atoms with Crippen LogP contribution >= 0.6 is 11.3 Å². The van der Waals surface area contributed by atoms with Gasteiger partial charge in [0.25, 0.3) is 5.91 Å². The molecule has 0 bridgehead atoms. The number of nitrogens with zero attached hydrogens (tertiary/aromatic N) is 1. The lowest BCUT2D eigenvalue weighted by atomic mass is 10.2. The molecule has 19 heavy (non-hydrogen) atoms. The van der Waals surface area contributed by atoms with E-state index in [2.05, 4.69) is 0 Å². The lowest BCUT2D eigenvalue weighted by molar-refractivity contribution is -0.151. The summed E-state index contributed by atoms with van der Waals surface area (Å²) < 4.78 is 4.76. The highest BCUT2D eigenvalue weighted by molar-refractivity contribution is 7.12. The van der Waals surface area contributed by atoms with Crippen molar-refractivity contribution in [3.05, 3.63) is 21.9 Å². The molecule has 1 amide bonds. The van der Waals surface area contributed by atoms with E-state index in [0.717, 1.165) is 4.88 Å². The molecule has 0 aliphatic carbocycles. The molecule has 0 radical (unpaired) electrons. The van der Waals surface area contributed by atoms with Crippen molar-refractivity contribution >= 4 is 23.2 Å². The zero-order chi connectivity index (χ0) is 14.6. The van der Waals surface area contributed by atoms with Crippen LogP contribution in [-0.4, -0.2) is 36.5 Å². The van der Waals surface area contributed by atoms with Gasteiger partial charge < -0.3 is 15.4 Å². The summed E-state index contributed by atoms with van der Waals surface area (Å²) in [7, 11) is 1.64. The third-order valence-electron chi connectivity index (χ3n) is 2.91. The average Bonchev–Trinajstić information content (AvgIpc) is 2.82. The molecular formula is C13H20N2O3S. The number of carbonyl (C=O) groups excluding carboxylic acids is 2. The first-order valence-corrected chi connectivity index (χ1v) is 6.95. The van der Waals surface area contributed by atoms with Gasteiger partial charge in [0.1, 0.15) is 0 Å². The number of carbonyl (C=O) groups is 2. The molecule has 0 aliphatic rings. The van der Waals surface area contributed by atoms with Crippen molar-refractivity contribution in [2.24, 2.45) is 5.73 Å². The molecular weight excluding hydrogens is 264 g/mol. The fraction of sp³-hybridized carbons (Fsp3) is 0.538. The van der Waals surface area contributed by atoms with Crippen molar-refractivity contribution in [2.75, 3.05) is 13.7 Å². The number of esters is 1. The third kappa shape index (κ3) is 3.78. The van der Waals surface area contributed by atoms with E-state index in [0.29, 0.717) is 0 Å². The lowest BCUT2D eigenvalue weighted by Crippen LogP contribution is -2.48. The van der Waals surface area contributed by atoms with E-state index in [1.165, 1.54) is 9.78 Å². The van der Waals surface area contributed by atoms with Gasteiger partial charge in [-0.3, -0.25) is 4.79 Å². The summed E-state index contributed by atoms with van der Waals surface area (Å²) in [6.07, 6.45) is 0. The predicted molar refractivity (Wildman–Crippen MR) is 74.8 cm³/mol. The largest absolute Gasteiger partial charge is 0.464 e. The number of hydrogen-bond donors (Lipinski definition) is 1. The molecule has 1 aromatic heterocycles. The summed E-state index contributed by atoms with van der Waals surface area (Å²) >= 11 is 1.62. The standard InChI is InChI=1S/C13H20N2O3S/c1-5-18-13(17)11(14)12(16)15(4)9(3)10-7-6-8(2)19-10/h6-7,9,11H,5,14H2,1-4H3. The number of aryl methyl sites for hydroxylation is 1. The van der Waals surface area contributed by atoms with Gasteiger partial charge in [0.2, 0.25) is 0 Å². The van der Waals surface area contributed by atoms with Crippen LogP contribution in [0.25, 0.3) is 0 Å². The van der Waals surface area contributed by atoms with Gasteiger partial charge in [-0.25, -0.2) is 4.79 Å². The van der Waals surface area contributed by atoms with Crippen LogP contribution in [0.5, 0.6) is 0 Å². The average molecular weight is 284 g/mol. The molecule has 0 spiro atoms. The topological polar surface area (TPSA) is 72.6 Å². The molecule has 1 heterocycles. The van der Waals surface area contributed by atoms with E-state index in [1.807, 2.05) is 26.0 Å². The Balaban J connectivity index is 2.73. The van der Waals surface area contributed by atoms with Gasteiger partial charge in [-0.2, -0.15) is 0 Å². The number of likely N-dealkylation sites (N-methyl/N-ethyl adjacent to an activating group) is 1. The van der Waals surface area contributed by atoms with E-state index in [9.17, 15) is 9.59 Å². The lowest BCUT2D eigenvalue weighted by Gasteiger charge is -2.26.